The molecule has 588 valence electrons. The molecule has 126 heavy (non-hydrogen) atoms. The number of para-hydroxylation sites is 6. The molecule has 8 heterocycles. The largest absolute Gasteiger partial charge is 0.452 e. The van der Waals surface area contributed by atoms with E-state index in [1.165, 1.54) is 10.8 Å². The summed E-state index contributed by atoms with van der Waals surface area (Å²) in [6.45, 7) is 0. The lowest BCUT2D eigenvalue weighted by atomic mass is 10.0. The van der Waals surface area contributed by atoms with Gasteiger partial charge in [-0.05, 0) is 119 Å². The molecule has 0 atom stereocenters. The molecule has 26 aromatic rings. The van der Waals surface area contributed by atoms with Crippen molar-refractivity contribution >= 4 is 131 Å². The van der Waals surface area contributed by atoms with E-state index in [0.29, 0.717) is 34.9 Å². The maximum Gasteiger partial charge on any atom is 0.164 e. The molecule has 8 aromatic heterocycles. The highest BCUT2D eigenvalue weighted by Crippen LogP contribution is 2.48. The number of fused-ring (bicyclic) bond motifs is 22. The van der Waals surface area contributed by atoms with Crippen molar-refractivity contribution in [2.45, 2.75) is 0 Å². The van der Waals surface area contributed by atoms with Crippen molar-refractivity contribution in [1.82, 2.24) is 48.2 Å². The summed E-state index contributed by atoms with van der Waals surface area (Å²) in [5.74, 6) is 3.66. The quantitative estimate of drug-likeness (QED) is 0.118. The maximum absolute atomic E-state index is 7.27. The Labute approximate surface area is 721 Å². The van der Waals surface area contributed by atoms with Gasteiger partial charge >= 0.3 is 0 Å². The summed E-state index contributed by atoms with van der Waals surface area (Å²) in [5, 5.41) is 13.5. The third kappa shape index (κ3) is 11.8. The average molecular weight is 1610 g/mol. The van der Waals surface area contributed by atoms with Gasteiger partial charge in [-0.25, -0.2) is 29.9 Å². The zero-order valence-corrected chi connectivity index (χ0v) is 67.7. The van der Waals surface area contributed by atoms with Gasteiger partial charge in [-0.2, -0.15) is 0 Å². The molecular weight excluding hydrogens is 1540 g/mol. The predicted molar refractivity (Wildman–Crippen MR) is 515 cm³/mol. The Morgan fingerprint density at radius 2 is 0.341 bits per heavy atom. The van der Waals surface area contributed by atoms with E-state index < -0.39 is 0 Å². The van der Waals surface area contributed by atoms with Crippen LogP contribution in [0.5, 0.6) is 0 Å². The van der Waals surface area contributed by atoms with Crippen LogP contribution in [0.1, 0.15) is 0 Å². The fourth-order valence-electron chi connectivity index (χ4n) is 19.0. The maximum atomic E-state index is 7.27. The van der Waals surface area contributed by atoms with Crippen molar-refractivity contribution in [3.8, 4) is 113 Å². The minimum Gasteiger partial charge on any atom is -0.452 e. The summed E-state index contributed by atoms with van der Waals surface area (Å²) < 4.78 is 23.9. The normalized spacial score (nSPS) is 11.8. The van der Waals surface area contributed by atoms with Crippen LogP contribution in [0.3, 0.4) is 0 Å². The molecule has 0 fully saturated rings. The van der Waals surface area contributed by atoms with Crippen LogP contribution in [0.15, 0.2) is 433 Å². The van der Waals surface area contributed by atoms with Crippen molar-refractivity contribution in [2.24, 2.45) is 0 Å². The van der Waals surface area contributed by atoms with E-state index in [2.05, 4.69) is 370 Å². The van der Waals surface area contributed by atoms with Crippen molar-refractivity contribution in [1.29, 1.82) is 0 Å². The molecular formula is C114H70N10O2. The smallest absolute Gasteiger partial charge is 0.164 e. The molecule has 0 aliphatic carbocycles. The Hall–Kier alpha value is -17.2. The molecule has 0 saturated heterocycles. The number of hydrogen-bond acceptors (Lipinski definition) is 8. The predicted octanol–water partition coefficient (Wildman–Crippen LogP) is 29.3. The summed E-state index contributed by atoms with van der Waals surface area (Å²) in [4.78, 5) is 30.6. The van der Waals surface area contributed by atoms with Gasteiger partial charge in [0.1, 0.15) is 0 Å². The molecule has 0 aliphatic heterocycles. The third-order valence-electron chi connectivity index (χ3n) is 24.7. The van der Waals surface area contributed by atoms with Gasteiger partial charge in [-0.1, -0.05) is 328 Å². The number of hydrogen-bond donors (Lipinski definition) is 0. The summed E-state index contributed by atoms with van der Waals surface area (Å²) in [6.07, 6.45) is 0. The monoisotopic (exact) mass is 1610 g/mol. The molecule has 0 N–H and O–H groups in total. The van der Waals surface area contributed by atoms with Crippen LogP contribution in [0, 0.1) is 0 Å². The highest BCUT2D eigenvalue weighted by Gasteiger charge is 2.28. The van der Waals surface area contributed by atoms with Crippen LogP contribution in [0.2, 0.25) is 0 Å². The fourth-order valence-corrected chi connectivity index (χ4v) is 19.0. The van der Waals surface area contributed by atoms with E-state index in [1.807, 2.05) is 72.8 Å². The van der Waals surface area contributed by atoms with Crippen molar-refractivity contribution in [3.63, 3.8) is 0 Å². The third-order valence-corrected chi connectivity index (χ3v) is 24.7. The Bertz CT molecular complexity index is 8290. The Balaban J connectivity index is 0.000000137. The minimum atomic E-state index is 0.596. The number of furan rings is 2. The standard InChI is InChI=1S/2C57H35N5O/c2*1-4-15-36(16-5-1)37-27-29-39(30-28-37)56-58-55(38-17-6-2-7-18-38)59-57(60-56)40-19-14-22-42(35-40)62-50-26-13-11-24-44(50)46-32-34-48-47-33-31-45-43-23-10-12-25-49(43)61(41-20-8-3-9-21-41)51(45)53(47)63-54(48)52(46)62/h2*1-35H. The zero-order chi connectivity index (χ0) is 82.9. The summed E-state index contributed by atoms with van der Waals surface area (Å²) in [5.41, 5.74) is 26.2. The lowest BCUT2D eigenvalue weighted by Gasteiger charge is -2.12. The molecule has 0 bridgehead atoms. The molecule has 0 radical (unpaired) electrons. The second kappa shape index (κ2) is 29.3. The van der Waals surface area contributed by atoms with Crippen LogP contribution in [-0.4, -0.2) is 48.2 Å². The lowest BCUT2D eigenvalue weighted by Crippen LogP contribution is -2.01. The van der Waals surface area contributed by atoms with E-state index in [4.69, 9.17) is 38.7 Å². The molecule has 18 aromatic carbocycles. The van der Waals surface area contributed by atoms with Crippen LogP contribution >= 0.6 is 0 Å². The second-order valence-electron chi connectivity index (χ2n) is 32.0. The van der Waals surface area contributed by atoms with E-state index in [-0.39, 0.29) is 0 Å². The minimum absolute atomic E-state index is 0.596. The molecule has 0 unspecified atom stereocenters. The summed E-state index contributed by atoms with van der Waals surface area (Å²) >= 11 is 0. The number of rotatable bonds is 12. The molecule has 0 amide bonds. The lowest BCUT2D eigenvalue weighted by molar-refractivity contribution is 0.673. The number of nitrogens with zero attached hydrogens (tertiary/aromatic N) is 10. The summed E-state index contributed by atoms with van der Waals surface area (Å²) in [6, 6.07) is 148. The van der Waals surface area contributed by atoms with E-state index >= 15 is 0 Å². The van der Waals surface area contributed by atoms with Crippen molar-refractivity contribution in [2.75, 3.05) is 0 Å². The van der Waals surface area contributed by atoms with Gasteiger partial charge in [0, 0.05) is 121 Å². The Kier molecular flexibility index (Phi) is 16.7. The molecule has 12 heteroatoms. The highest BCUT2D eigenvalue weighted by molar-refractivity contribution is 6.28. The first kappa shape index (κ1) is 71.7. The SMILES string of the molecule is c1ccc(-c2ccc(-c3nc(-c4ccccc4)nc(-c4cccc(-n5c6ccccc6c6ccc7c8ccc9c%10ccccc%10n(-c%10ccccc%10)c9c8oc7c65)c4)n3)cc2)cc1.c1ccc(-c2ccc(-c3nc(-c4ccccc4)nc(-c4cccc(-n5c6ccccc6c6ccc7c8ccc9c%10ccccc%10n(-c%10ccccc%10)c9c8oc7c65)c4)n3)cc2)cc1. The first-order chi connectivity index (χ1) is 62.5. The van der Waals surface area contributed by atoms with Gasteiger partial charge in [0.15, 0.2) is 57.3 Å². The second-order valence-corrected chi connectivity index (χ2v) is 32.0. The fraction of sp³-hybridized carbons (Fsp3) is 0. The van der Waals surface area contributed by atoms with Crippen LogP contribution in [0.4, 0.5) is 0 Å². The van der Waals surface area contributed by atoms with E-state index in [1.54, 1.807) is 0 Å². The Morgan fingerprint density at radius 3 is 0.635 bits per heavy atom. The molecule has 0 aliphatic rings. The van der Waals surface area contributed by atoms with Crippen LogP contribution in [0.25, 0.3) is 244 Å². The average Bonchev–Trinajstić information content (AvgIpc) is 1.54. The first-order valence-electron chi connectivity index (χ1n) is 42.4. The zero-order valence-electron chi connectivity index (χ0n) is 67.7. The van der Waals surface area contributed by atoms with Gasteiger partial charge in [0.05, 0.1) is 44.1 Å². The Morgan fingerprint density at radius 1 is 0.143 bits per heavy atom. The van der Waals surface area contributed by atoms with Gasteiger partial charge in [0.25, 0.3) is 0 Å². The van der Waals surface area contributed by atoms with Crippen molar-refractivity contribution < 1.29 is 8.83 Å². The summed E-state index contributed by atoms with van der Waals surface area (Å²) in [7, 11) is 0. The number of aromatic nitrogens is 10. The molecule has 12 nitrogen and oxygen atoms in total. The van der Waals surface area contributed by atoms with Crippen LogP contribution in [-0.2, 0) is 0 Å². The molecule has 0 saturated carbocycles. The van der Waals surface area contributed by atoms with Gasteiger partial charge in [-0.15, -0.1) is 0 Å². The highest BCUT2D eigenvalue weighted by atomic mass is 16.3. The van der Waals surface area contributed by atoms with E-state index in [0.717, 1.165) is 199 Å². The van der Waals surface area contributed by atoms with Gasteiger partial charge in [-0.3, -0.25) is 0 Å². The first-order valence-corrected chi connectivity index (χ1v) is 42.4. The van der Waals surface area contributed by atoms with Gasteiger partial charge < -0.3 is 27.1 Å². The van der Waals surface area contributed by atoms with Gasteiger partial charge in [0.2, 0.25) is 0 Å². The topological polar surface area (TPSA) is 123 Å². The van der Waals surface area contributed by atoms with E-state index in [9.17, 15) is 0 Å². The number of benzene rings is 18. The van der Waals surface area contributed by atoms with Crippen molar-refractivity contribution in [3.05, 3.63) is 425 Å². The molecule has 0 spiro atoms. The molecule has 26 rings (SSSR count). The van der Waals surface area contributed by atoms with Crippen LogP contribution < -0.4 is 0 Å².